The number of hydrogen-bond acceptors (Lipinski definition) is 1. The summed E-state index contributed by atoms with van der Waals surface area (Å²) in [5.41, 5.74) is 4.82. The summed E-state index contributed by atoms with van der Waals surface area (Å²) in [6.07, 6.45) is 18.3. The highest BCUT2D eigenvalue weighted by Crippen LogP contribution is 2.63. The first-order chi connectivity index (χ1) is 23.1. The van der Waals surface area contributed by atoms with Gasteiger partial charge in [-0.3, -0.25) is 0 Å². The molecule has 0 N–H and O–H groups in total. The molecule has 1 saturated heterocycles. The van der Waals surface area contributed by atoms with Gasteiger partial charge in [-0.15, -0.1) is 0 Å². The van der Waals surface area contributed by atoms with Crippen LogP contribution in [0.4, 0.5) is 0 Å². The Labute approximate surface area is 331 Å². The summed E-state index contributed by atoms with van der Waals surface area (Å²) in [6.45, 7) is 57.2. The molecule has 1 aliphatic heterocycles. The normalized spacial score (nSPS) is 23.7. The fraction of sp³-hybridized carbons (Fsp3) is 1.00. The van der Waals surface area contributed by atoms with Crippen molar-refractivity contribution in [2.24, 2.45) is 71.9 Å². The van der Waals surface area contributed by atoms with E-state index in [0.29, 0.717) is 54.1 Å². The van der Waals surface area contributed by atoms with E-state index in [1.54, 1.807) is 0 Å². The molecule has 0 spiro atoms. The van der Waals surface area contributed by atoms with Crippen molar-refractivity contribution in [2.75, 3.05) is 13.2 Å². The van der Waals surface area contributed by atoms with Crippen LogP contribution in [0.5, 0.6) is 0 Å². The minimum absolute atomic E-state index is 0.370. The van der Waals surface area contributed by atoms with Crippen LogP contribution >= 0.6 is 0 Å². The molecule has 0 unspecified atom stereocenters. The molecule has 1 nitrogen and oxygen atoms in total. The quantitative estimate of drug-likeness (QED) is 0.275. The summed E-state index contributed by atoms with van der Waals surface area (Å²) >= 11 is 0. The van der Waals surface area contributed by atoms with Gasteiger partial charge in [0.1, 0.15) is 0 Å². The lowest BCUT2D eigenvalue weighted by Crippen LogP contribution is -2.51. The molecule has 0 atom stereocenters. The molecule has 4 fully saturated rings. The molecule has 0 aromatic heterocycles. The predicted octanol–water partition coefficient (Wildman–Crippen LogP) is 17.3. The van der Waals surface area contributed by atoms with Crippen molar-refractivity contribution in [1.82, 2.24) is 0 Å². The molecule has 3 saturated carbocycles. The maximum Gasteiger partial charge on any atom is 0.0471 e. The second kappa shape index (κ2) is 17.6. The van der Waals surface area contributed by atoms with E-state index in [9.17, 15) is 0 Å². The van der Waals surface area contributed by atoms with Crippen LogP contribution in [0.3, 0.4) is 0 Å². The average molecular weight is 731 g/mol. The Hall–Kier alpha value is -0.0400. The van der Waals surface area contributed by atoms with Crippen LogP contribution in [0.1, 0.15) is 243 Å². The highest BCUT2D eigenvalue weighted by Gasteiger charge is 2.54. The van der Waals surface area contributed by atoms with E-state index < -0.39 is 0 Å². The Morgan fingerprint density at radius 3 is 0.827 bits per heavy atom. The molecule has 0 aromatic carbocycles. The van der Waals surface area contributed by atoms with Crippen molar-refractivity contribution in [3.8, 4) is 0 Å². The summed E-state index contributed by atoms with van der Waals surface area (Å²) in [5.74, 6) is 2.71. The minimum atomic E-state index is 0.370. The van der Waals surface area contributed by atoms with E-state index in [1.165, 1.54) is 83.5 Å². The number of hydrogen-bond donors (Lipinski definition) is 0. The van der Waals surface area contributed by atoms with Gasteiger partial charge in [-0.25, -0.2) is 0 Å². The van der Waals surface area contributed by atoms with Crippen molar-refractivity contribution in [2.45, 2.75) is 243 Å². The third kappa shape index (κ3) is 10.9. The second-order valence-corrected chi connectivity index (χ2v) is 25.6. The first-order valence-corrected chi connectivity index (χ1v) is 22.7. The zero-order valence-electron chi connectivity index (χ0n) is 40.7. The van der Waals surface area contributed by atoms with E-state index in [4.69, 9.17) is 4.74 Å². The van der Waals surface area contributed by atoms with Crippen molar-refractivity contribution in [3.63, 3.8) is 0 Å². The van der Waals surface area contributed by atoms with Gasteiger partial charge in [0.2, 0.25) is 0 Å². The van der Waals surface area contributed by atoms with Crippen molar-refractivity contribution >= 4 is 0 Å². The van der Waals surface area contributed by atoms with Crippen LogP contribution in [0.15, 0.2) is 0 Å². The van der Waals surface area contributed by atoms with Crippen LogP contribution in [0, 0.1) is 71.9 Å². The molecule has 312 valence electrons. The minimum Gasteiger partial charge on any atom is -0.381 e. The Bertz CT molecular complexity index is 946. The highest BCUT2D eigenvalue weighted by atomic mass is 16.5. The van der Waals surface area contributed by atoms with E-state index in [1.807, 2.05) is 0 Å². The topological polar surface area (TPSA) is 9.23 Å². The van der Waals surface area contributed by atoms with Gasteiger partial charge in [0.25, 0.3) is 0 Å². The molecule has 1 heteroatoms. The lowest BCUT2D eigenvalue weighted by Gasteiger charge is -2.60. The van der Waals surface area contributed by atoms with Gasteiger partial charge in [0.05, 0.1) is 0 Å². The maximum atomic E-state index is 5.52. The molecular weight excluding hydrogens is 629 g/mol. The maximum absolute atomic E-state index is 5.52. The zero-order valence-corrected chi connectivity index (χ0v) is 40.7. The first-order valence-electron chi connectivity index (χ1n) is 22.7. The summed E-state index contributed by atoms with van der Waals surface area (Å²) in [5, 5.41) is 0. The Balaban J connectivity index is 0.000000349. The van der Waals surface area contributed by atoms with Gasteiger partial charge in [0.15, 0.2) is 0 Å². The van der Waals surface area contributed by atoms with Crippen LogP contribution in [-0.2, 0) is 4.74 Å². The Morgan fingerprint density at radius 2 is 0.654 bits per heavy atom. The van der Waals surface area contributed by atoms with Gasteiger partial charge in [-0.2, -0.15) is 0 Å². The molecule has 3 aliphatic carbocycles. The standard InChI is InChI=1S/C15H30.C13H26O.C12H24.C11H22/c1-12-8-10-15(11-9-12,13(2,3)4)14(5,6)7;1-11(2,3)13(12(4,5)6)7-9-14-10-8-13;1-10(2,3)12(8-7-9-12)11(4,5)6;1-9(2)11(10(3)4)7-5-6-8-11/h12H,8-11H2,1-7H3;7-10H2,1-6H3;7-9H2,1-6H3;9-10H,5-8H2,1-4H3. The number of ether oxygens (including phenoxy) is 1. The van der Waals surface area contributed by atoms with Gasteiger partial charge in [-0.1, -0.05) is 191 Å². The molecule has 0 bridgehead atoms. The fourth-order valence-electron chi connectivity index (χ4n) is 13.2. The zero-order chi connectivity index (χ0) is 41.0. The fourth-order valence-corrected chi connectivity index (χ4v) is 13.2. The summed E-state index contributed by atoms with van der Waals surface area (Å²) < 4.78 is 5.52. The van der Waals surface area contributed by atoms with Crippen LogP contribution in [-0.4, -0.2) is 13.2 Å². The van der Waals surface area contributed by atoms with E-state index in [-0.39, 0.29) is 0 Å². The van der Waals surface area contributed by atoms with Crippen LogP contribution in [0.25, 0.3) is 0 Å². The van der Waals surface area contributed by atoms with Crippen molar-refractivity contribution in [1.29, 1.82) is 0 Å². The lowest BCUT2D eigenvalue weighted by atomic mass is 9.45. The van der Waals surface area contributed by atoms with Crippen molar-refractivity contribution < 1.29 is 4.74 Å². The van der Waals surface area contributed by atoms with Gasteiger partial charge < -0.3 is 4.74 Å². The smallest absolute Gasteiger partial charge is 0.0471 e. The number of rotatable bonds is 2. The second-order valence-electron chi connectivity index (χ2n) is 25.6. The predicted molar refractivity (Wildman–Crippen MR) is 236 cm³/mol. The summed E-state index contributed by atoms with van der Waals surface area (Å²) in [7, 11) is 0. The molecule has 0 radical (unpaired) electrons. The molecule has 4 rings (SSSR count). The third-order valence-electron chi connectivity index (χ3n) is 17.1. The van der Waals surface area contributed by atoms with Crippen LogP contribution in [0.2, 0.25) is 0 Å². The molecule has 4 aliphatic rings. The van der Waals surface area contributed by atoms with Gasteiger partial charge in [0, 0.05) is 13.2 Å². The average Bonchev–Trinajstić information content (AvgIpc) is 3.42. The first kappa shape index (κ1) is 50.0. The highest BCUT2D eigenvalue weighted by molar-refractivity contribution is 5.04. The molecular formula is C51H102O. The largest absolute Gasteiger partial charge is 0.381 e. The SMILES string of the molecule is CC(C)(C)C1(C(C)(C)C)CCC1.CC(C)(C)C1(C(C)(C)C)CCOCC1.CC(C)C1(C(C)C)CCCC1.CC1CCC(C(C)(C)C)(C(C)(C)C)CC1. The molecule has 1 heterocycles. The Kier molecular flexibility index (Phi) is 16.9. The summed E-state index contributed by atoms with van der Waals surface area (Å²) in [6, 6.07) is 0. The summed E-state index contributed by atoms with van der Waals surface area (Å²) in [4.78, 5) is 0. The lowest BCUT2D eigenvalue weighted by molar-refractivity contribution is -0.113. The van der Waals surface area contributed by atoms with Gasteiger partial charge in [-0.05, 0) is 123 Å². The van der Waals surface area contributed by atoms with E-state index >= 15 is 0 Å². The van der Waals surface area contributed by atoms with Crippen molar-refractivity contribution in [3.05, 3.63) is 0 Å². The van der Waals surface area contributed by atoms with E-state index in [2.05, 4.69) is 159 Å². The molecule has 0 amide bonds. The molecule has 52 heavy (non-hydrogen) atoms. The molecule has 0 aromatic rings. The van der Waals surface area contributed by atoms with E-state index in [0.717, 1.165) is 31.0 Å². The van der Waals surface area contributed by atoms with Gasteiger partial charge >= 0.3 is 0 Å². The Morgan fingerprint density at radius 1 is 0.385 bits per heavy atom. The van der Waals surface area contributed by atoms with Crippen LogP contribution < -0.4 is 0 Å². The third-order valence-corrected chi connectivity index (χ3v) is 17.1. The monoisotopic (exact) mass is 731 g/mol.